The number of rotatable bonds is 3. The molecule has 2 heteroatoms. The first-order chi connectivity index (χ1) is 6.47. The molecule has 0 saturated carbocycles. The number of ether oxygens (including phenoxy) is 1. The second-order valence-electron chi connectivity index (χ2n) is 5.52. The van der Waals surface area contributed by atoms with E-state index >= 15 is 0 Å². The van der Waals surface area contributed by atoms with Crippen LogP contribution in [0.5, 0.6) is 0 Å². The van der Waals surface area contributed by atoms with Crippen LogP contribution in [0.2, 0.25) is 0 Å². The van der Waals surface area contributed by atoms with Gasteiger partial charge in [0.15, 0.2) is 0 Å². The summed E-state index contributed by atoms with van der Waals surface area (Å²) in [5, 5.41) is 3.79. The molecule has 84 valence electrons. The fourth-order valence-corrected chi connectivity index (χ4v) is 2.47. The first kappa shape index (κ1) is 12.0. The molecule has 0 aromatic rings. The number of hydrogen-bond acceptors (Lipinski definition) is 2. The second kappa shape index (κ2) is 4.63. The molecule has 0 aliphatic carbocycles. The van der Waals surface area contributed by atoms with E-state index in [-0.39, 0.29) is 5.54 Å². The minimum Gasteiger partial charge on any atom is -0.381 e. The van der Waals surface area contributed by atoms with E-state index in [2.05, 4.69) is 33.0 Å². The molecule has 1 saturated heterocycles. The van der Waals surface area contributed by atoms with Crippen LogP contribution in [0.4, 0.5) is 0 Å². The zero-order valence-electron chi connectivity index (χ0n) is 10.2. The Kier molecular flexibility index (Phi) is 3.96. The molecule has 0 spiro atoms. The van der Waals surface area contributed by atoms with Gasteiger partial charge in [0.05, 0.1) is 0 Å². The average molecular weight is 199 g/mol. The van der Waals surface area contributed by atoms with Crippen LogP contribution in [0.1, 0.15) is 53.4 Å². The quantitative estimate of drug-likeness (QED) is 0.754. The van der Waals surface area contributed by atoms with Gasteiger partial charge in [-0.05, 0) is 40.0 Å². The molecular weight excluding hydrogens is 174 g/mol. The fourth-order valence-electron chi connectivity index (χ4n) is 2.47. The molecule has 1 heterocycles. The van der Waals surface area contributed by atoms with Gasteiger partial charge < -0.3 is 10.1 Å². The molecule has 1 rings (SSSR count). The summed E-state index contributed by atoms with van der Waals surface area (Å²) in [6.45, 7) is 10.9. The summed E-state index contributed by atoms with van der Waals surface area (Å²) in [5.41, 5.74) is 0.553. The van der Waals surface area contributed by atoms with E-state index in [0.717, 1.165) is 26.1 Å². The van der Waals surface area contributed by atoms with Crippen molar-refractivity contribution >= 4 is 0 Å². The molecule has 0 radical (unpaired) electrons. The monoisotopic (exact) mass is 199 g/mol. The lowest BCUT2D eigenvalue weighted by molar-refractivity contribution is 0.0235. The van der Waals surface area contributed by atoms with E-state index in [9.17, 15) is 0 Å². The first-order valence-electron chi connectivity index (χ1n) is 5.85. The molecule has 0 unspecified atom stereocenters. The lowest BCUT2D eigenvalue weighted by Gasteiger charge is -2.43. The van der Waals surface area contributed by atoms with E-state index in [1.54, 1.807) is 0 Å². The van der Waals surface area contributed by atoms with Crippen LogP contribution in [-0.2, 0) is 4.74 Å². The van der Waals surface area contributed by atoms with Crippen LogP contribution >= 0.6 is 0 Å². The SMILES string of the molecule is CCCC1(NC(C)(C)C)CCOCC1. The van der Waals surface area contributed by atoms with Crippen molar-refractivity contribution in [3.63, 3.8) is 0 Å². The Hall–Kier alpha value is -0.0800. The standard InChI is InChI=1S/C12H25NO/c1-5-6-12(13-11(2,3)4)7-9-14-10-8-12/h13H,5-10H2,1-4H3. The topological polar surface area (TPSA) is 21.3 Å². The number of hydrogen-bond donors (Lipinski definition) is 1. The Balaban J connectivity index is 2.60. The molecule has 0 bridgehead atoms. The Bertz CT molecular complexity index is 160. The highest BCUT2D eigenvalue weighted by Crippen LogP contribution is 2.28. The number of nitrogens with one attached hydrogen (secondary N) is 1. The summed E-state index contributed by atoms with van der Waals surface area (Å²) in [6.07, 6.45) is 4.85. The van der Waals surface area contributed by atoms with E-state index < -0.39 is 0 Å². The first-order valence-corrected chi connectivity index (χ1v) is 5.85. The molecule has 0 aromatic carbocycles. The molecular formula is C12H25NO. The van der Waals surface area contributed by atoms with Gasteiger partial charge in [-0.1, -0.05) is 13.3 Å². The van der Waals surface area contributed by atoms with Crippen LogP contribution in [0.3, 0.4) is 0 Å². The van der Waals surface area contributed by atoms with Gasteiger partial charge >= 0.3 is 0 Å². The van der Waals surface area contributed by atoms with Gasteiger partial charge in [-0.25, -0.2) is 0 Å². The lowest BCUT2D eigenvalue weighted by Crippen LogP contribution is -2.56. The molecule has 1 N–H and O–H groups in total. The van der Waals surface area contributed by atoms with Gasteiger partial charge in [-0.3, -0.25) is 0 Å². The maximum absolute atomic E-state index is 5.45. The minimum absolute atomic E-state index is 0.215. The normalized spacial score (nSPS) is 22.3. The molecule has 0 aromatic heterocycles. The summed E-state index contributed by atoms with van der Waals surface area (Å²) in [5.74, 6) is 0. The molecule has 0 atom stereocenters. The Morgan fingerprint density at radius 3 is 2.21 bits per heavy atom. The zero-order valence-corrected chi connectivity index (χ0v) is 10.2. The van der Waals surface area contributed by atoms with Crippen molar-refractivity contribution < 1.29 is 4.74 Å². The van der Waals surface area contributed by atoms with Crippen LogP contribution in [-0.4, -0.2) is 24.3 Å². The Labute approximate surface area is 88.4 Å². The largest absolute Gasteiger partial charge is 0.381 e. The molecule has 1 fully saturated rings. The summed E-state index contributed by atoms with van der Waals surface area (Å²) in [6, 6.07) is 0. The molecule has 0 amide bonds. The predicted octanol–water partition coefficient (Wildman–Crippen LogP) is 2.72. The smallest absolute Gasteiger partial charge is 0.0483 e. The van der Waals surface area contributed by atoms with Gasteiger partial charge in [0, 0.05) is 24.3 Å². The molecule has 2 nitrogen and oxygen atoms in total. The van der Waals surface area contributed by atoms with Crippen LogP contribution in [0, 0.1) is 0 Å². The van der Waals surface area contributed by atoms with E-state index in [1.165, 1.54) is 12.8 Å². The summed E-state index contributed by atoms with van der Waals surface area (Å²) in [7, 11) is 0. The Morgan fingerprint density at radius 2 is 1.79 bits per heavy atom. The maximum Gasteiger partial charge on any atom is 0.0483 e. The second-order valence-corrected chi connectivity index (χ2v) is 5.52. The Morgan fingerprint density at radius 1 is 1.21 bits per heavy atom. The zero-order chi connectivity index (χ0) is 10.7. The average Bonchev–Trinajstić information content (AvgIpc) is 2.02. The highest BCUT2D eigenvalue weighted by atomic mass is 16.5. The van der Waals surface area contributed by atoms with Gasteiger partial charge in [0.25, 0.3) is 0 Å². The van der Waals surface area contributed by atoms with Crippen LogP contribution < -0.4 is 5.32 Å². The van der Waals surface area contributed by atoms with Crippen LogP contribution in [0.25, 0.3) is 0 Å². The van der Waals surface area contributed by atoms with Crippen molar-refractivity contribution in [1.82, 2.24) is 5.32 Å². The third kappa shape index (κ3) is 3.58. The van der Waals surface area contributed by atoms with E-state index in [1.807, 2.05) is 0 Å². The van der Waals surface area contributed by atoms with Gasteiger partial charge in [0.1, 0.15) is 0 Å². The third-order valence-electron chi connectivity index (χ3n) is 2.82. The predicted molar refractivity (Wildman–Crippen MR) is 60.6 cm³/mol. The van der Waals surface area contributed by atoms with Gasteiger partial charge in [0.2, 0.25) is 0 Å². The third-order valence-corrected chi connectivity index (χ3v) is 2.82. The van der Waals surface area contributed by atoms with Crippen molar-refractivity contribution in [3.8, 4) is 0 Å². The van der Waals surface area contributed by atoms with E-state index in [0.29, 0.717) is 5.54 Å². The minimum atomic E-state index is 0.215. The van der Waals surface area contributed by atoms with Crippen molar-refractivity contribution in [3.05, 3.63) is 0 Å². The highest BCUT2D eigenvalue weighted by Gasteiger charge is 2.34. The maximum atomic E-state index is 5.45. The molecule has 1 aliphatic rings. The summed E-state index contributed by atoms with van der Waals surface area (Å²) >= 11 is 0. The van der Waals surface area contributed by atoms with E-state index in [4.69, 9.17) is 4.74 Å². The van der Waals surface area contributed by atoms with Gasteiger partial charge in [-0.15, -0.1) is 0 Å². The fraction of sp³-hybridized carbons (Fsp3) is 1.00. The van der Waals surface area contributed by atoms with Crippen molar-refractivity contribution in [2.75, 3.05) is 13.2 Å². The molecule has 14 heavy (non-hydrogen) atoms. The van der Waals surface area contributed by atoms with Crippen molar-refractivity contribution in [1.29, 1.82) is 0 Å². The van der Waals surface area contributed by atoms with Crippen molar-refractivity contribution in [2.24, 2.45) is 0 Å². The highest BCUT2D eigenvalue weighted by molar-refractivity contribution is 4.94. The lowest BCUT2D eigenvalue weighted by atomic mass is 9.83. The van der Waals surface area contributed by atoms with Crippen molar-refractivity contribution in [2.45, 2.75) is 64.5 Å². The van der Waals surface area contributed by atoms with Gasteiger partial charge in [-0.2, -0.15) is 0 Å². The van der Waals surface area contributed by atoms with Crippen LogP contribution in [0.15, 0.2) is 0 Å². The molecule has 1 aliphatic heterocycles. The summed E-state index contributed by atoms with van der Waals surface area (Å²) < 4.78 is 5.45. The summed E-state index contributed by atoms with van der Waals surface area (Å²) in [4.78, 5) is 0.